The monoisotopic (exact) mass is 470 g/mol. The molecule has 0 aliphatic heterocycles. The lowest BCUT2D eigenvalue weighted by Gasteiger charge is -2.56. The fourth-order valence-electron chi connectivity index (χ4n) is 6.12. The van der Waals surface area contributed by atoms with Crippen molar-refractivity contribution in [2.24, 2.45) is 35.0 Å². The highest BCUT2D eigenvalue weighted by atomic mass is 32.2. The lowest BCUT2D eigenvalue weighted by Crippen LogP contribution is -2.48. The fourth-order valence-corrected chi connectivity index (χ4v) is 7.05. The predicted octanol–water partition coefficient (Wildman–Crippen LogP) is 9.79. The van der Waals surface area contributed by atoms with Crippen molar-refractivity contribution in [1.29, 1.82) is 0 Å². The Labute approximate surface area is 208 Å². The van der Waals surface area contributed by atoms with E-state index in [1.807, 2.05) is 47.8 Å². The zero-order valence-corrected chi connectivity index (χ0v) is 25.2. The Bertz CT molecular complexity index is 452. The van der Waals surface area contributed by atoms with Gasteiger partial charge in [0.2, 0.25) is 0 Å². The zero-order valence-electron chi connectivity index (χ0n) is 24.4. The summed E-state index contributed by atoms with van der Waals surface area (Å²) in [6.07, 6.45) is 16.3. The smallest absolute Gasteiger partial charge is 0.0257 e. The van der Waals surface area contributed by atoms with Crippen LogP contribution in [-0.4, -0.2) is 16.2 Å². The lowest BCUT2D eigenvalue weighted by molar-refractivity contribution is -0.0666. The van der Waals surface area contributed by atoms with Crippen molar-refractivity contribution in [3.8, 4) is 12.3 Å². The van der Waals surface area contributed by atoms with Gasteiger partial charge in [0.15, 0.2) is 0 Å². The van der Waals surface area contributed by atoms with Crippen molar-refractivity contribution in [3.05, 3.63) is 13.2 Å². The molecule has 0 radical (unpaired) electrons. The van der Waals surface area contributed by atoms with Gasteiger partial charge in [-0.2, -0.15) is 0 Å². The fraction of sp³-hybridized carbons (Fsp3) is 0.867. The third kappa shape index (κ3) is 13.9. The first-order valence-electron chi connectivity index (χ1n) is 13.5. The summed E-state index contributed by atoms with van der Waals surface area (Å²) >= 11 is 0. The second-order valence-corrected chi connectivity index (χ2v) is 10.2. The maximum atomic E-state index is 11.5. The molecule has 2 aliphatic carbocycles. The van der Waals surface area contributed by atoms with E-state index in [2.05, 4.69) is 53.2 Å². The van der Waals surface area contributed by atoms with Crippen LogP contribution in [0.2, 0.25) is 0 Å². The van der Waals surface area contributed by atoms with Gasteiger partial charge >= 0.3 is 0 Å². The summed E-state index contributed by atoms with van der Waals surface area (Å²) in [4.78, 5) is 0. The largest absolute Gasteiger partial charge is 0.260 e. The van der Waals surface area contributed by atoms with Crippen molar-refractivity contribution in [2.75, 3.05) is 12.0 Å². The van der Waals surface area contributed by atoms with Crippen LogP contribution in [0.15, 0.2) is 13.2 Å². The van der Waals surface area contributed by atoms with Gasteiger partial charge in [-0.05, 0) is 67.6 Å². The molecule has 0 amide bonds. The molecule has 2 saturated carbocycles. The van der Waals surface area contributed by atoms with Gasteiger partial charge in [0.1, 0.15) is 0 Å². The molecule has 194 valence electrons. The van der Waals surface area contributed by atoms with E-state index in [9.17, 15) is 4.21 Å². The quantitative estimate of drug-likeness (QED) is 0.288. The Morgan fingerprint density at radius 3 is 1.97 bits per heavy atom. The number of terminal acetylenes is 1. The molecule has 2 unspecified atom stereocenters. The minimum absolute atomic E-state index is 0.584. The highest BCUT2D eigenvalue weighted by Gasteiger charge is 2.50. The molecule has 7 atom stereocenters. The summed E-state index contributed by atoms with van der Waals surface area (Å²) in [6.45, 7) is 29.5. The zero-order chi connectivity index (χ0) is 26.3. The maximum Gasteiger partial charge on any atom is 0.0257 e. The summed E-state index contributed by atoms with van der Waals surface area (Å²) in [7, 11) is -0.637. The van der Waals surface area contributed by atoms with Crippen molar-refractivity contribution >= 4 is 10.8 Å². The molecule has 2 rings (SSSR count). The SMILES string of the molecule is C#CC.C=C.CC.CC.CC.CC[C@@H]1C(C[C@H](C)CS(C)=O)CC[C@@H]2[C@@H](C)CCC[C@@]12C. The van der Waals surface area contributed by atoms with E-state index in [1.54, 1.807) is 6.92 Å². The third-order valence-electron chi connectivity index (χ3n) is 6.84. The average Bonchev–Trinajstić information content (AvgIpc) is 2.79. The lowest BCUT2D eigenvalue weighted by atomic mass is 9.49. The molecule has 2 aliphatic rings. The van der Waals surface area contributed by atoms with E-state index in [1.165, 1.54) is 44.9 Å². The third-order valence-corrected chi connectivity index (χ3v) is 7.88. The first-order valence-corrected chi connectivity index (χ1v) is 15.2. The van der Waals surface area contributed by atoms with Crippen molar-refractivity contribution in [2.45, 2.75) is 121 Å². The summed E-state index contributed by atoms with van der Waals surface area (Å²) in [5.74, 6) is 7.42. The standard InChI is InChI=1S/C19H36OS.C3H4.3C2H6.C2H4/c1-6-17-16(12-14(2)13-21(5)20)9-10-18-15(3)8-7-11-19(17,18)4;1-3-2;4*1-2/h14-18H,6-13H2,1-5H3;1H,2H3;3*1-2H3;1-2H2/t14-,15-,16?,17+,18+,19-,21?;;;;;/m0...../s1. The molecule has 0 N–H and O–H groups in total. The van der Waals surface area contributed by atoms with E-state index in [-0.39, 0.29) is 0 Å². The van der Waals surface area contributed by atoms with Crippen molar-refractivity contribution in [3.63, 3.8) is 0 Å². The summed E-state index contributed by atoms with van der Waals surface area (Å²) < 4.78 is 11.5. The van der Waals surface area contributed by atoms with E-state index in [0.717, 1.165) is 29.4 Å². The second-order valence-electron chi connectivity index (χ2n) is 8.70. The predicted molar refractivity (Wildman–Crippen MR) is 154 cm³/mol. The van der Waals surface area contributed by atoms with Crippen LogP contribution in [0, 0.1) is 47.3 Å². The molecule has 0 saturated heterocycles. The number of hydrogen-bond acceptors (Lipinski definition) is 1. The Hall–Kier alpha value is -0.550. The Morgan fingerprint density at radius 2 is 1.56 bits per heavy atom. The normalized spacial score (nSPS) is 29.2. The molecule has 0 aromatic carbocycles. The van der Waals surface area contributed by atoms with Crippen molar-refractivity contribution in [1.82, 2.24) is 0 Å². The number of fused-ring (bicyclic) bond motifs is 1. The Morgan fingerprint density at radius 1 is 1.09 bits per heavy atom. The van der Waals surface area contributed by atoms with Crippen LogP contribution >= 0.6 is 0 Å². The minimum Gasteiger partial charge on any atom is -0.260 e. The van der Waals surface area contributed by atoms with Crippen LogP contribution in [-0.2, 0) is 10.8 Å². The van der Waals surface area contributed by atoms with Gasteiger partial charge in [-0.1, -0.05) is 88.5 Å². The molecule has 0 aromatic rings. The molecular weight excluding hydrogens is 408 g/mol. The van der Waals surface area contributed by atoms with Crippen LogP contribution < -0.4 is 0 Å². The van der Waals surface area contributed by atoms with Crippen molar-refractivity contribution < 1.29 is 4.21 Å². The summed E-state index contributed by atoms with van der Waals surface area (Å²) in [6, 6.07) is 0. The van der Waals surface area contributed by atoms with Crippen LogP contribution in [0.5, 0.6) is 0 Å². The first-order chi connectivity index (χ1) is 15.3. The van der Waals surface area contributed by atoms with Crippen LogP contribution in [0.25, 0.3) is 0 Å². The Balaban J connectivity index is -0.000000308. The van der Waals surface area contributed by atoms with E-state index < -0.39 is 10.8 Å². The molecule has 2 fully saturated rings. The molecule has 2 heteroatoms. The average molecular weight is 471 g/mol. The highest BCUT2D eigenvalue weighted by Crippen LogP contribution is 2.58. The molecule has 32 heavy (non-hydrogen) atoms. The van der Waals surface area contributed by atoms with Gasteiger partial charge in [0.05, 0.1) is 0 Å². The van der Waals surface area contributed by atoms with Gasteiger partial charge in [-0.3, -0.25) is 4.21 Å². The van der Waals surface area contributed by atoms with Crippen LogP contribution in [0.3, 0.4) is 0 Å². The van der Waals surface area contributed by atoms with E-state index in [0.29, 0.717) is 11.3 Å². The van der Waals surface area contributed by atoms with Gasteiger partial charge in [0, 0.05) is 22.8 Å². The molecule has 1 nitrogen and oxygen atoms in total. The molecule has 0 spiro atoms. The topological polar surface area (TPSA) is 17.1 Å². The van der Waals surface area contributed by atoms with Crippen LogP contribution in [0.4, 0.5) is 0 Å². The van der Waals surface area contributed by atoms with E-state index in [4.69, 9.17) is 0 Å². The highest BCUT2D eigenvalue weighted by molar-refractivity contribution is 7.84. The van der Waals surface area contributed by atoms with Gasteiger partial charge in [-0.25, -0.2) is 0 Å². The van der Waals surface area contributed by atoms with Gasteiger partial charge < -0.3 is 0 Å². The molecular formula is C30H62OS. The molecule has 0 heterocycles. The minimum atomic E-state index is -0.637. The second kappa shape index (κ2) is 25.1. The Kier molecular flexibility index (Phi) is 30.3. The van der Waals surface area contributed by atoms with Crippen LogP contribution in [0.1, 0.15) is 121 Å². The van der Waals surface area contributed by atoms with Gasteiger partial charge in [-0.15, -0.1) is 25.5 Å². The number of rotatable bonds is 5. The summed E-state index contributed by atoms with van der Waals surface area (Å²) in [5.41, 5.74) is 0.584. The number of hydrogen-bond donors (Lipinski definition) is 0. The summed E-state index contributed by atoms with van der Waals surface area (Å²) in [5, 5.41) is 0. The molecule has 0 bridgehead atoms. The first kappa shape index (κ1) is 38.7. The van der Waals surface area contributed by atoms with Gasteiger partial charge in [0.25, 0.3) is 0 Å². The molecule has 0 aromatic heterocycles. The van der Waals surface area contributed by atoms with E-state index >= 15 is 0 Å². The maximum absolute atomic E-state index is 11.5.